The second kappa shape index (κ2) is 6.38. The molecule has 18 heavy (non-hydrogen) atoms. The highest BCUT2D eigenvalue weighted by Gasteiger charge is 2.42. The zero-order valence-electron chi connectivity index (χ0n) is 10.7. The second-order valence-electron chi connectivity index (χ2n) is 4.84. The van der Waals surface area contributed by atoms with Crippen LogP contribution in [-0.4, -0.2) is 55.8 Å². The molecular formula is C11H19F3N2O2. The Bertz CT molecular complexity index is 274. The molecule has 0 aromatic heterocycles. The zero-order valence-corrected chi connectivity index (χ0v) is 10.7. The lowest BCUT2D eigenvalue weighted by Crippen LogP contribution is -2.40. The number of hydroxylamine groups is 2. The van der Waals surface area contributed by atoms with Crippen LogP contribution in [0.15, 0.2) is 0 Å². The Kier molecular flexibility index (Phi) is 5.40. The summed E-state index contributed by atoms with van der Waals surface area (Å²) in [7, 11) is 3.97. The Morgan fingerprint density at radius 3 is 2.33 bits per heavy atom. The molecule has 1 saturated heterocycles. The predicted octanol–water partition coefficient (Wildman–Crippen LogP) is 1.67. The van der Waals surface area contributed by atoms with Crippen molar-refractivity contribution < 1.29 is 22.8 Å². The van der Waals surface area contributed by atoms with E-state index >= 15 is 0 Å². The highest BCUT2D eigenvalue weighted by molar-refractivity contribution is 5.75. The summed E-state index contributed by atoms with van der Waals surface area (Å²) in [4.78, 5) is 17.0. The molecule has 106 valence electrons. The van der Waals surface area contributed by atoms with E-state index in [1.165, 1.54) is 0 Å². The van der Waals surface area contributed by atoms with Gasteiger partial charge in [0.1, 0.15) is 0 Å². The molecule has 0 unspecified atom stereocenters. The Balaban J connectivity index is 2.25. The maximum Gasteiger partial charge on any atom is 0.492 e. The number of rotatable bonds is 4. The monoisotopic (exact) mass is 268 g/mol. The van der Waals surface area contributed by atoms with E-state index in [-0.39, 0.29) is 0 Å². The quantitative estimate of drug-likeness (QED) is 0.776. The summed E-state index contributed by atoms with van der Waals surface area (Å²) in [5.41, 5.74) is 0. The predicted molar refractivity (Wildman–Crippen MR) is 59.6 cm³/mol. The number of halogens is 3. The maximum absolute atomic E-state index is 12.0. The molecule has 1 aliphatic heterocycles. The number of carbonyl (C=O) groups is 1. The van der Waals surface area contributed by atoms with E-state index < -0.39 is 12.1 Å². The first-order valence-corrected chi connectivity index (χ1v) is 5.98. The van der Waals surface area contributed by atoms with Gasteiger partial charge < -0.3 is 9.74 Å². The SMILES string of the molecule is CN(C)CCC1CCN(OC(=O)C(F)(F)F)CC1. The fraction of sp³-hybridized carbons (Fsp3) is 0.909. The molecule has 7 heteroatoms. The van der Waals surface area contributed by atoms with Crippen LogP contribution in [0.3, 0.4) is 0 Å². The second-order valence-corrected chi connectivity index (χ2v) is 4.84. The van der Waals surface area contributed by atoms with E-state index in [0.29, 0.717) is 19.0 Å². The standard InChI is InChI=1S/C11H19F3N2O2/c1-15(2)6-3-9-4-7-16(8-5-9)18-10(17)11(12,13)14/h9H,3-8H2,1-2H3. The average molecular weight is 268 g/mol. The van der Waals surface area contributed by atoms with Crippen molar-refractivity contribution >= 4 is 5.97 Å². The molecule has 0 bridgehead atoms. The molecule has 0 saturated carbocycles. The molecule has 0 aromatic carbocycles. The molecule has 1 heterocycles. The summed E-state index contributed by atoms with van der Waals surface area (Å²) < 4.78 is 36.0. The van der Waals surface area contributed by atoms with E-state index in [0.717, 1.165) is 30.9 Å². The highest BCUT2D eigenvalue weighted by atomic mass is 19.4. The third-order valence-corrected chi connectivity index (χ3v) is 3.00. The Morgan fingerprint density at radius 1 is 1.33 bits per heavy atom. The number of hydrogen-bond donors (Lipinski definition) is 0. The van der Waals surface area contributed by atoms with E-state index in [9.17, 15) is 18.0 Å². The van der Waals surface area contributed by atoms with Gasteiger partial charge in [-0.15, -0.1) is 5.06 Å². The number of hydrogen-bond acceptors (Lipinski definition) is 4. The van der Waals surface area contributed by atoms with Crippen molar-refractivity contribution in [1.82, 2.24) is 9.96 Å². The number of alkyl halides is 3. The Morgan fingerprint density at radius 2 is 1.89 bits per heavy atom. The van der Waals surface area contributed by atoms with Crippen LogP contribution in [0.4, 0.5) is 13.2 Å². The molecule has 4 nitrogen and oxygen atoms in total. The largest absolute Gasteiger partial charge is 0.492 e. The lowest BCUT2D eigenvalue weighted by Gasteiger charge is -2.31. The molecule has 1 aliphatic rings. The third kappa shape index (κ3) is 5.22. The fourth-order valence-electron chi connectivity index (χ4n) is 1.90. The minimum Gasteiger partial charge on any atom is -0.361 e. The van der Waals surface area contributed by atoms with Gasteiger partial charge in [0.05, 0.1) is 0 Å². The van der Waals surface area contributed by atoms with Gasteiger partial charge in [-0.25, -0.2) is 4.79 Å². The van der Waals surface area contributed by atoms with Crippen LogP contribution in [0.2, 0.25) is 0 Å². The van der Waals surface area contributed by atoms with Crippen LogP contribution >= 0.6 is 0 Å². The molecule has 0 aliphatic carbocycles. The van der Waals surface area contributed by atoms with Crippen molar-refractivity contribution in [3.63, 3.8) is 0 Å². The minimum atomic E-state index is -4.91. The Labute approximate surface area is 105 Å². The Hall–Kier alpha value is -0.820. The summed E-state index contributed by atoms with van der Waals surface area (Å²) in [5.74, 6) is -1.64. The van der Waals surface area contributed by atoms with E-state index in [1.807, 2.05) is 14.1 Å². The molecule has 0 atom stereocenters. The summed E-state index contributed by atoms with van der Waals surface area (Å²) in [6.07, 6.45) is -2.37. The minimum absolute atomic E-state index is 0.375. The number of carbonyl (C=O) groups excluding carboxylic acids is 1. The number of nitrogens with zero attached hydrogens (tertiary/aromatic N) is 2. The molecular weight excluding hydrogens is 249 g/mol. The molecule has 1 rings (SSSR count). The molecule has 0 aromatic rings. The van der Waals surface area contributed by atoms with Gasteiger partial charge >= 0.3 is 12.1 Å². The van der Waals surface area contributed by atoms with Crippen LogP contribution < -0.4 is 0 Å². The van der Waals surface area contributed by atoms with Crippen molar-refractivity contribution in [2.45, 2.75) is 25.4 Å². The average Bonchev–Trinajstić information content (AvgIpc) is 2.26. The van der Waals surface area contributed by atoms with E-state index in [2.05, 4.69) is 9.74 Å². The zero-order chi connectivity index (χ0) is 13.8. The summed E-state index contributed by atoms with van der Waals surface area (Å²) in [5, 5.41) is 1.11. The molecule has 0 amide bonds. The van der Waals surface area contributed by atoms with Gasteiger partial charge in [0.25, 0.3) is 0 Å². The highest BCUT2D eigenvalue weighted by Crippen LogP contribution is 2.23. The maximum atomic E-state index is 12.0. The van der Waals surface area contributed by atoms with Gasteiger partial charge in [-0.05, 0) is 45.8 Å². The normalized spacial score (nSPS) is 19.2. The van der Waals surface area contributed by atoms with Crippen molar-refractivity contribution in [1.29, 1.82) is 0 Å². The number of piperidine rings is 1. The first kappa shape index (κ1) is 15.2. The van der Waals surface area contributed by atoms with Crippen LogP contribution in [0.5, 0.6) is 0 Å². The van der Waals surface area contributed by atoms with Crippen molar-refractivity contribution in [3.05, 3.63) is 0 Å². The van der Waals surface area contributed by atoms with Gasteiger partial charge in [0, 0.05) is 13.1 Å². The van der Waals surface area contributed by atoms with Crippen molar-refractivity contribution in [3.8, 4) is 0 Å². The summed E-state index contributed by atoms with van der Waals surface area (Å²) in [6.45, 7) is 1.72. The molecule has 0 spiro atoms. The fourth-order valence-corrected chi connectivity index (χ4v) is 1.90. The van der Waals surface area contributed by atoms with Gasteiger partial charge in [0.15, 0.2) is 0 Å². The van der Waals surface area contributed by atoms with Crippen LogP contribution in [0.1, 0.15) is 19.3 Å². The van der Waals surface area contributed by atoms with Gasteiger partial charge in [-0.3, -0.25) is 0 Å². The first-order chi connectivity index (χ1) is 8.29. The summed E-state index contributed by atoms with van der Waals surface area (Å²) >= 11 is 0. The lowest BCUT2D eigenvalue weighted by atomic mass is 9.94. The van der Waals surface area contributed by atoms with Gasteiger partial charge in [-0.2, -0.15) is 13.2 Å². The third-order valence-electron chi connectivity index (χ3n) is 3.00. The summed E-state index contributed by atoms with van der Waals surface area (Å²) in [6, 6.07) is 0. The molecule has 0 radical (unpaired) electrons. The van der Waals surface area contributed by atoms with Gasteiger partial charge in [0.2, 0.25) is 0 Å². The van der Waals surface area contributed by atoms with E-state index in [4.69, 9.17) is 0 Å². The first-order valence-electron chi connectivity index (χ1n) is 5.98. The van der Waals surface area contributed by atoms with Crippen molar-refractivity contribution in [2.75, 3.05) is 33.7 Å². The van der Waals surface area contributed by atoms with Crippen LogP contribution in [0.25, 0.3) is 0 Å². The van der Waals surface area contributed by atoms with Gasteiger partial charge in [-0.1, -0.05) is 0 Å². The van der Waals surface area contributed by atoms with Crippen molar-refractivity contribution in [2.24, 2.45) is 5.92 Å². The van der Waals surface area contributed by atoms with Crippen LogP contribution in [0, 0.1) is 5.92 Å². The smallest absolute Gasteiger partial charge is 0.361 e. The lowest BCUT2D eigenvalue weighted by molar-refractivity contribution is -0.242. The molecule has 0 N–H and O–H groups in total. The van der Waals surface area contributed by atoms with E-state index in [1.54, 1.807) is 0 Å². The molecule has 1 fully saturated rings. The topological polar surface area (TPSA) is 32.8 Å². The van der Waals surface area contributed by atoms with Crippen LogP contribution in [-0.2, 0) is 9.63 Å².